The van der Waals surface area contributed by atoms with Gasteiger partial charge in [0.2, 0.25) is 0 Å². The Morgan fingerprint density at radius 1 is 1.05 bits per heavy atom. The van der Waals surface area contributed by atoms with Gasteiger partial charge in [0.05, 0.1) is 6.61 Å². The molecule has 2 heteroatoms. The normalized spacial score (nSPS) is 12.3. The van der Waals surface area contributed by atoms with E-state index in [4.69, 9.17) is 4.74 Å². The maximum absolute atomic E-state index is 5.66. The van der Waals surface area contributed by atoms with Gasteiger partial charge in [-0.15, -0.1) is 0 Å². The number of para-hydroxylation sites is 1. The van der Waals surface area contributed by atoms with Crippen molar-refractivity contribution in [2.24, 2.45) is 0 Å². The van der Waals surface area contributed by atoms with E-state index < -0.39 is 0 Å². The van der Waals surface area contributed by atoms with Gasteiger partial charge < -0.3 is 10.1 Å². The zero-order valence-corrected chi connectivity index (χ0v) is 12.5. The molecule has 0 aliphatic rings. The van der Waals surface area contributed by atoms with E-state index in [1.54, 1.807) is 0 Å². The van der Waals surface area contributed by atoms with Crippen molar-refractivity contribution < 1.29 is 4.74 Å². The van der Waals surface area contributed by atoms with Gasteiger partial charge in [-0.05, 0) is 38.4 Å². The molecule has 1 unspecified atom stereocenters. The molecule has 1 atom stereocenters. The first kappa shape index (κ1) is 16.0. The van der Waals surface area contributed by atoms with Gasteiger partial charge >= 0.3 is 0 Å². The second-order valence-electron chi connectivity index (χ2n) is 5.22. The van der Waals surface area contributed by atoms with Crippen LogP contribution in [0.1, 0.15) is 52.4 Å². The summed E-state index contributed by atoms with van der Waals surface area (Å²) in [5, 5.41) is 3.57. The van der Waals surface area contributed by atoms with E-state index in [-0.39, 0.29) is 0 Å². The largest absolute Gasteiger partial charge is 0.494 e. The SMILES string of the molecule is CCCCCCC(C)NCCCOc1ccccc1. The molecular weight excluding hydrogens is 234 g/mol. The smallest absolute Gasteiger partial charge is 0.119 e. The number of hydrogen-bond donors (Lipinski definition) is 1. The number of nitrogens with one attached hydrogen (secondary N) is 1. The first-order valence-corrected chi connectivity index (χ1v) is 7.74. The Labute approximate surface area is 118 Å². The van der Waals surface area contributed by atoms with Gasteiger partial charge in [0.1, 0.15) is 5.75 Å². The number of benzene rings is 1. The summed E-state index contributed by atoms with van der Waals surface area (Å²) < 4.78 is 5.66. The van der Waals surface area contributed by atoms with E-state index >= 15 is 0 Å². The highest BCUT2D eigenvalue weighted by Crippen LogP contribution is 2.08. The first-order valence-electron chi connectivity index (χ1n) is 7.74. The zero-order chi connectivity index (χ0) is 13.8. The Kier molecular flexibility index (Phi) is 9.17. The van der Waals surface area contributed by atoms with Crippen LogP contribution in [0.4, 0.5) is 0 Å². The van der Waals surface area contributed by atoms with Crippen molar-refractivity contribution in [1.82, 2.24) is 5.32 Å². The lowest BCUT2D eigenvalue weighted by Gasteiger charge is -2.13. The van der Waals surface area contributed by atoms with Crippen LogP contribution in [0.2, 0.25) is 0 Å². The van der Waals surface area contributed by atoms with Crippen molar-refractivity contribution in [2.45, 2.75) is 58.4 Å². The fourth-order valence-electron chi connectivity index (χ4n) is 2.11. The van der Waals surface area contributed by atoms with Crippen LogP contribution in [0, 0.1) is 0 Å². The summed E-state index contributed by atoms with van der Waals surface area (Å²) in [4.78, 5) is 0. The highest BCUT2D eigenvalue weighted by molar-refractivity contribution is 5.20. The second-order valence-corrected chi connectivity index (χ2v) is 5.22. The maximum atomic E-state index is 5.66. The highest BCUT2D eigenvalue weighted by atomic mass is 16.5. The molecule has 0 fully saturated rings. The third kappa shape index (κ3) is 8.66. The minimum Gasteiger partial charge on any atom is -0.494 e. The number of unbranched alkanes of at least 4 members (excludes halogenated alkanes) is 3. The topological polar surface area (TPSA) is 21.3 Å². The molecule has 0 aliphatic heterocycles. The van der Waals surface area contributed by atoms with Crippen LogP contribution in [0.5, 0.6) is 5.75 Å². The molecule has 0 amide bonds. The fourth-order valence-corrected chi connectivity index (χ4v) is 2.11. The van der Waals surface area contributed by atoms with Gasteiger partial charge in [0.25, 0.3) is 0 Å². The van der Waals surface area contributed by atoms with Crippen molar-refractivity contribution in [1.29, 1.82) is 0 Å². The monoisotopic (exact) mass is 263 g/mol. The van der Waals surface area contributed by atoms with Crippen LogP contribution in [-0.2, 0) is 0 Å². The van der Waals surface area contributed by atoms with E-state index in [0.29, 0.717) is 6.04 Å². The molecule has 19 heavy (non-hydrogen) atoms. The summed E-state index contributed by atoms with van der Waals surface area (Å²) in [6.45, 7) is 6.37. The van der Waals surface area contributed by atoms with Crippen LogP contribution in [0.15, 0.2) is 30.3 Å². The van der Waals surface area contributed by atoms with Crippen molar-refractivity contribution in [3.63, 3.8) is 0 Å². The van der Waals surface area contributed by atoms with E-state index in [0.717, 1.165) is 25.3 Å². The quantitative estimate of drug-likeness (QED) is 0.597. The molecule has 0 bridgehead atoms. The average molecular weight is 263 g/mol. The summed E-state index contributed by atoms with van der Waals surface area (Å²) in [7, 11) is 0. The lowest BCUT2D eigenvalue weighted by atomic mass is 10.1. The lowest BCUT2D eigenvalue weighted by Crippen LogP contribution is -2.27. The molecular formula is C17H29NO. The van der Waals surface area contributed by atoms with Crippen LogP contribution >= 0.6 is 0 Å². The van der Waals surface area contributed by atoms with Crippen LogP contribution in [0.25, 0.3) is 0 Å². The molecule has 1 aromatic rings. The Morgan fingerprint density at radius 2 is 1.84 bits per heavy atom. The molecule has 0 aliphatic carbocycles. The summed E-state index contributed by atoms with van der Waals surface area (Å²) in [5.74, 6) is 0.968. The van der Waals surface area contributed by atoms with Gasteiger partial charge in [0.15, 0.2) is 0 Å². The Morgan fingerprint density at radius 3 is 2.58 bits per heavy atom. The molecule has 0 aromatic heterocycles. The fraction of sp³-hybridized carbons (Fsp3) is 0.647. The summed E-state index contributed by atoms with van der Waals surface area (Å²) in [6.07, 6.45) is 7.77. The Bertz CT molecular complexity index is 299. The first-order chi connectivity index (χ1) is 9.33. The van der Waals surface area contributed by atoms with Gasteiger partial charge in [0, 0.05) is 6.04 Å². The summed E-state index contributed by atoms with van der Waals surface area (Å²) >= 11 is 0. The van der Waals surface area contributed by atoms with E-state index in [9.17, 15) is 0 Å². The molecule has 1 rings (SSSR count). The molecule has 1 N–H and O–H groups in total. The van der Waals surface area contributed by atoms with Gasteiger partial charge in [-0.3, -0.25) is 0 Å². The predicted molar refractivity (Wildman–Crippen MR) is 82.8 cm³/mol. The van der Waals surface area contributed by atoms with Crippen LogP contribution in [-0.4, -0.2) is 19.2 Å². The van der Waals surface area contributed by atoms with Crippen LogP contribution < -0.4 is 10.1 Å². The third-order valence-electron chi connectivity index (χ3n) is 3.32. The molecule has 1 aromatic carbocycles. The maximum Gasteiger partial charge on any atom is 0.119 e. The van der Waals surface area contributed by atoms with Crippen molar-refractivity contribution in [3.05, 3.63) is 30.3 Å². The predicted octanol–water partition coefficient (Wildman–Crippen LogP) is 4.40. The molecule has 0 saturated carbocycles. The highest BCUT2D eigenvalue weighted by Gasteiger charge is 2.00. The summed E-state index contributed by atoms with van der Waals surface area (Å²) in [5.41, 5.74) is 0. The Hall–Kier alpha value is -1.02. The van der Waals surface area contributed by atoms with E-state index in [2.05, 4.69) is 19.2 Å². The minimum atomic E-state index is 0.633. The Balaban J connectivity index is 1.92. The van der Waals surface area contributed by atoms with Crippen molar-refractivity contribution in [2.75, 3.05) is 13.2 Å². The van der Waals surface area contributed by atoms with Gasteiger partial charge in [-0.25, -0.2) is 0 Å². The van der Waals surface area contributed by atoms with Gasteiger partial charge in [-0.1, -0.05) is 50.8 Å². The standard InChI is InChI=1S/C17H29NO/c1-3-4-5-7-11-16(2)18-14-10-15-19-17-12-8-6-9-13-17/h6,8-9,12-13,16,18H,3-5,7,10-11,14-15H2,1-2H3. The second kappa shape index (κ2) is 10.9. The molecule has 0 spiro atoms. The molecule has 0 radical (unpaired) electrons. The average Bonchev–Trinajstić information content (AvgIpc) is 2.44. The molecule has 0 saturated heterocycles. The molecule has 108 valence electrons. The lowest BCUT2D eigenvalue weighted by molar-refractivity contribution is 0.304. The van der Waals surface area contributed by atoms with E-state index in [1.807, 2.05) is 30.3 Å². The van der Waals surface area contributed by atoms with Gasteiger partial charge in [-0.2, -0.15) is 0 Å². The molecule has 0 heterocycles. The van der Waals surface area contributed by atoms with Crippen molar-refractivity contribution >= 4 is 0 Å². The van der Waals surface area contributed by atoms with Crippen LogP contribution in [0.3, 0.4) is 0 Å². The molecule has 2 nitrogen and oxygen atoms in total. The number of hydrogen-bond acceptors (Lipinski definition) is 2. The van der Waals surface area contributed by atoms with Crippen molar-refractivity contribution in [3.8, 4) is 5.75 Å². The zero-order valence-electron chi connectivity index (χ0n) is 12.5. The minimum absolute atomic E-state index is 0.633. The number of rotatable bonds is 11. The summed E-state index contributed by atoms with van der Waals surface area (Å²) in [6, 6.07) is 10.7. The third-order valence-corrected chi connectivity index (χ3v) is 3.32. The van der Waals surface area contributed by atoms with E-state index in [1.165, 1.54) is 32.1 Å². The number of ether oxygens (including phenoxy) is 1.